The zero-order valence-electron chi connectivity index (χ0n) is 8.71. The molecular formula is C9H20N2O2. The summed E-state index contributed by atoms with van der Waals surface area (Å²) in [6.45, 7) is 5.38. The minimum absolute atomic E-state index is 0.0476. The maximum absolute atomic E-state index is 11.1. The second-order valence-corrected chi connectivity index (χ2v) is 2.86. The first-order chi connectivity index (χ1) is 6.24. The van der Waals surface area contributed by atoms with Gasteiger partial charge in [0.1, 0.15) is 0 Å². The SMILES string of the molecule is CC.CN1CC(CO)NCCC1=O. The Labute approximate surface area is 79.9 Å². The van der Waals surface area contributed by atoms with Gasteiger partial charge in [-0.05, 0) is 0 Å². The van der Waals surface area contributed by atoms with Crippen molar-refractivity contribution in [1.82, 2.24) is 10.2 Å². The molecule has 0 aromatic rings. The van der Waals surface area contributed by atoms with Crippen molar-refractivity contribution in [3.05, 3.63) is 0 Å². The first-order valence-corrected chi connectivity index (χ1v) is 4.82. The van der Waals surface area contributed by atoms with Crippen molar-refractivity contribution < 1.29 is 9.90 Å². The normalized spacial score (nSPS) is 23.2. The average Bonchev–Trinajstić information content (AvgIpc) is 2.33. The van der Waals surface area contributed by atoms with Gasteiger partial charge in [-0.3, -0.25) is 4.79 Å². The molecule has 2 N–H and O–H groups in total. The van der Waals surface area contributed by atoms with Crippen LogP contribution in [0.5, 0.6) is 0 Å². The van der Waals surface area contributed by atoms with Crippen LogP contribution in [-0.4, -0.2) is 48.7 Å². The van der Waals surface area contributed by atoms with E-state index in [4.69, 9.17) is 5.11 Å². The molecule has 1 aliphatic heterocycles. The summed E-state index contributed by atoms with van der Waals surface area (Å²) in [6.07, 6.45) is 0.535. The van der Waals surface area contributed by atoms with Crippen LogP contribution < -0.4 is 5.32 Å². The van der Waals surface area contributed by atoms with Crippen molar-refractivity contribution in [3.8, 4) is 0 Å². The monoisotopic (exact) mass is 188 g/mol. The van der Waals surface area contributed by atoms with Crippen LogP contribution in [0.1, 0.15) is 20.3 Å². The molecule has 1 fully saturated rings. The van der Waals surface area contributed by atoms with Crippen LogP contribution in [0.3, 0.4) is 0 Å². The molecule has 1 unspecified atom stereocenters. The molecule has 0 radical (unpaired) electrons. The molecule has 4 heteroatoms. The van der Waals surface area contributed by atoms with Gasteiger partial charge in [0.15, 0.2) is 0 Å². The maximum atomic E-state index is 11.1. The summed E-state index contributed by atoms with van der Waals surface area (Å²) in [4.78, 5) is 12.7. The highest BCUT2D eigenvalue weighted by Gasteiger charge is 2.18. The number of carbonyl (C=O) groups excluding carboxylic acids is 1. The molecule has 0 aromatic carbocycles. The first kappa shape index (κ1) is 12.4. The quantitative estimate of drug-likeness (QED) is 0.600. The van der Waals surface area contributed by atoms with Gasteiger partial charge >= 0.3 is 0 Å². The molecule has 0 spiro atoms. The number of rotatable bonds is 1. The lowest BCUT2D eigenvalue weighted by molar-refractivity contribution is -0.129. The lowest BCUT2D eigenvalue weighted by Crippen LogP contribution is -2.39. The molecule has 0 aromatic heterocycles. The van der Waals surface area contributed by atoms with Gasteiger partial charge in [-0.2, -0.15) is 0 Å². The van der Waals surface area contributed by atoms with Gasteiger partial charge in [0, 0.05) is 32.6 Å². The molecule has 0 bridgehead atoms. The van der Waals surface area contributed by atoms with Gasteiger partial charge in [0.2, 0.25) is 5.91 Å². The van der Waals surface area contributed by atoms with Gasteiger partial charge in [-0.25, -0.2) is 0 Å². The standard InChI is InChI=1S/C7H14N2O2.C2H6/c1-9-4-6(5-10)8-3-2-7(9)11;1-2/h6,8,10H,2-5H2,1H3;1-2H3. The number of aliphatic hydroxyl groups is 1. The molecule has 0 aliphatic carbocycles. The molecule has 1 aliphatic rings. The number of nitrogens with zero attached hydrogens (tertiary/aromatic N) is 1. The van der Waals surface area contributed by atoms with E-state index in [1.165, 1.54) is 0 Å². The Balaban J connectivity index is 0.000000671. The third kappa shape index (κ3) is 4.24. The predicted octanol–water partition coefficient (Wildman–Crippen LogP) is -0.175. The molecule has 1 saturated heterocycles. The highest BCUT2D eigenvalue weighted by Crippen LogP contribution is 1.98. The summed E-state index contributed by atoms with van der Waals surface area (Å²) in [5, 5.41) is 11.9. The summed E-state index contributed by atoms with van der Waals surface area (Å²) < 4.78 is 0. The van der Waals surface area contributed by atoms with Crippen LogP contribution in [0, 0.1) is 0 Å². The van der Waals surface area contributed by atoms with E-state index in [9.17, 15) is 4.79 Å². The maximum Gasteiger partial charge on any atom is 0.223 e. The molecule has 1 heterocycles. The molecule has 0 saturated carbocycles. The van der Waals surface area contributed by atoms with Crippen molar-refractivity contribution in [3.63, 3.8) is 0 Å². The molecule has 13 heavy (non-hydrogen) atoms. The summed E-state index contributed by atoms with van der Waals surface area (Å²) in [6, 6.07) is 0.0476. The number of amides is 1. The Morgan fingerprint density at radius 2 is 2.23 bits per heavy atom. The zero-order chi connectivity index (χ0) is 10.3. The van der Waals surface area contributed by atoms with Gasteiger partial charge in [0.25, 0.3) is 0 Å². The molecule has 1 rings (SSSR count). The number of nitrogens with one attached hydrogen (secondary N) is 1. The largest absolute Gasteiger partial charge is 0.395 e. The Kier molecular flexibility index (Phi) is 6.54. The second kappa shape index (κ2) is 6.86. The van der Waals surface area contributed by atoms with Crippen LogP contribution in [0.4, 0.5) is 0 Å². The van der Waals surface area contributed by atoms with Gasteiger partial charge in [-0.1, -0.05) is 13.8 Å². The third-order valence-corrected chi connectivity index (χ3v) is 1.91. The summed E-state index contributed by atoms with van der Waals surface area (Å²) in [5.74, 6) is 0.147. The fraction of sp³-hybridized carbons (Fsp3) is 0.889. The van der Waals surface area contributed by atoms with Gasteiger partial charge in [0.05, 0.1) is 6.61 Å². The minimum atomic E-state index is 0.0476. The van der Waals surface area contributed by atoms with E-state index in [0.29, 0.717) is 19.5 Å². The van der Waals surface area contributed by atoms with Crippen molar-refractivity contribution in [1.29, 1.82) is 0 Å². The van der Waals surface area contributed by atoms with Crippen LogP contribution in [0.25, 0.3) is 0 Å². The Morgan fingerprint density at radius 3 is 2.77 bits per heavy atom. The van der Waals surface area contributed by atoms with E-state index >= 15 is 0 Å². The fourth-order valence-electron chi connectivity index (χ4n) is 1.19. The highest BCUT2D eigenvalue weighted by molar-refractivity contribution is 5.76. The average molecular weight is 188 g/mol. The lowest BCUT2D eigenvalue weighted by atomic mass is 10.3. The van der Waals surface area contributed by atoms with Crippen LogP contribution >= 0.6 is 0 Å². The van der Waals surface area contributed by atoms with E-state index in [0.717, 1.165) is 0 Å². The molecule has 4 nitrogen and oxygen atoms in total. The summed E-state index contributed by atoms with van der Waals surface area (Å²) >= 11 is 0. The van der Waals surface area contributed by atoms with Crippen molar-refractivity contribution >= 4 is 5.91 Å². The smallest absolute Gasteiger partial charge is 0.223 e. The number of likely N-dealkylation sites (N-methyl/N-ethyl adjacent to an activating group) is 1. The van der Waals surface area contributed by atoms with Gasteiger partial charge in [-0.15, -0.1) is 0 Å². The third-order valence-electron chi connectivity index (χ3n) is 1.91. The van der Waals surface area contributed by atoms with Crippen LogP contribution in [0.15, 0.2) is 0 Å². The van der Waals surface area contributed by atoms with E-state index < -0.39 is 0 Å². The van der Waals surface area contributed by atoms with Crippen LogP contribution in [0.2, 0.25) is 0 Å². The minimum Gasteiger partial charge on any atom is -0.395 e. The second-order valence-electron chi connectivity index (χ2n) is 2.86. The summed E-state index contributed by atoms with van der Waals surface area (Å²) in [7, 11) is 1.76. The van der Waals surface area contributed by atoms with Gasteiger partial charge < -0.3 is 15.3 Å². The lowest BCUT2D eigenvalue weighted by Gasteiger charge is -2.18. The zero-order valence-corrected chi connectivity index (χ0v) is 8.71. The van der Waals surface area contributed by atoms with Crippen molar-refractivity contribution in [2.45, 2.75) is 26.3 Å². The van der Waals surface area contributed by atoms with Crippen LogP contribution in [-0.2, 0) is 4.79 Å². The van der Waals surface area contributed by atoms with Crippen molar-refractivity contribution in [2.75, 3.05) is 26.7 Å². The van der Waals surface area contributed by atoms with E-state index in [-0.39, 0.29) is 18.6 Å². The molecule has 1 atom stereocenters. The number of hydrogen-bond donors (Lipinski definition) is 2. The number of hydrogen-bond acceptors (Lipinski definition) is 3. The Hall–Kier alpha value is -0.610. The number of carbonyl (C=O) groups is 1. The fourth-order valence-corrected chi connectivity index (χ4v) is 1.19. The Bertz CT molecular complexity index is 151. The highest BCUT2D eigenvalue weighted by atomic mass is 16.3. The summed E-state index contributed by atoms with van der Waals surface area (Å²) in [5.41, 5.74) is 0. The van der Waals surface area contributed by atoms with E-state index in [1.807, 2.05) is 13.8 Å². The van der Waals surface area contributed by atoms with Crippen molar-refractivity contribution in [2.24, 2.45) is 0 Å². The molecule has 78 valence electrons. The van der Waals surface area contributed by atoms with E-state index in [1.54, 1.807) is 11.9 Å². The topological polar surface area (TPSA) is 52.6 Å². The van der Waals surface area contributed by atoms with E-state index in [2.05, 4.69) is 5.32 Å². The first-order valence-electron chi connectivity index (χ1n) is 4.82. The number of aliphatic hydroxyl groups excluding tert-OH is 1. The molecule has 1 amide bonds. The predicted molar refractivity (Wildman–Crippen MR) is 52.5 cm³/mol. The molecular weight excluding hydrogens is 168 g/mol. The Morgan fingerprint density at radius 1 is 1.62 bits per heavy atom.